The van der Waals surface area contributed by atoms with Gasteiger partial charge in [-0.1, -0.05) is 47.6 Å². The maximum Gasteiger partial charge on any atom is 0.0980 e. The lowest BCUT2D eigenvalue weighted by atomic mass is 9.80. The fraction of sp³-hybridized carbons (Fsp3) is 0.417. The van der Waals surface area contributed by atoms with Crippen molar-refractivity contribution in [3.05, 3.63) is 81.9 Å². The van der Waals surface area contributed by atoms with E-state index in [1.165, 1.54) is 15.7 Å². The maximum atomic E-state index is 13.9. The molecule has 0 fully saturated rings. The van der Waals surface area contributed by atoms with Crippen LogP contribution in [0.3, 0.4) is 0 Å². The van der Waals surface area contributed by atoms with Gasteiger partial charge in [-0.3, -0.25) is 0 Å². The number of nitrogens with zero attached hydrogens (tertiary/aromatic N) is 6. The van der Waals surface area contributed by atoms with Crippen LogP contribution >= 0.6 is 0 Å². The van der Waals surface area contributed by atoms with Gasteiger partial charge in [-0.05, 0) is 137 Å². The fourth-order valence-corrected chi connectivity index (χ4v) is 10.4. The number of hydrogen-bond donors (Lipinski definition) is 0. The molecule has 8 heteroatoms. The molecule has 2 aliphatic rings. The smallest absolute Gasteiger partial charge is 0.0980 e. The van der Waals surface area contributed by atoms with Gasteiger partial charge in [0.15, 0.2) is 0 Å². The summed E-state index contributed by atoms with van der Waals surface area (Å²) in [5, 5.41) is 36.3. The van der Waals surface area contributed by atoms with E-state index in [0.717, 1.165) is 104 Å². The van der Waals surface area contributed by atoms with Gasteiger partial charge in [-0.2, -0.15) is 0 Å². The molecule has 284 valence electrons. The van der Waals surface area contributed by atoms with Gasteiger partial charge in [0.2, 0.25) is 0 Å². The Hall–Kier alpha value is -4.60. The van der Waals surface area contributed by atoms with E-state index in [0.29, 0.717) is 0 Å². The van der Waals surface area contributed by atoms with Crippen LogP contribution in [-0.4, -0.2) is 30.1 Å². The summed E-state index contributed by atoms with van der Waals surface area (Å²) in [6, 6.07) is 17.5. The van der Waals surface area contributed by atoms with Crippen LogP contribution in [0.4, 0.5) is 0 Å². The monoisotopic (exact) mass is 742 g/mol. The molecule has 2 aliphatic heterocycles. The Balaban J connectivity index is 1.45. The molecule has 2 radical (unpaired) electrons. The molecule has 10 rings (SSSR count). The number of fused-ring (bicyclic) bond motifs is 11. The van der Waals surface area contributed by atoms with Crippen LogP contribution in [0.15, 0.2) is 48.5 Å². The van der Waals surface area contributed by atoms with Crippen molar-refractivity contribution >= 4 is 76.5 Å². The zero-order chi connectivity index (χ0) is 40.2. The molecule has 8 aromatic rings. The van der Waals surface area contributed by atoms with Crippen molar-refractivity contribution in [2.75, 3.05) is 0 Å². The molecule has 4 heterocycles. The Morgan fingerprint density at radius 1 is 0.429 bits per heavy atom. The van der Waals surface area contributed by atoms with Gasteiger partial charge in [0.25, 0.3) is 0 Å². The number of hydroxylamine groups is 4. The van der Waals surface area contributed by atoms with E-state index < -0.39 is 22.2 Å². The van der Waals surface area contributed by atoms with Gasteiger partial charge in [-0.15, -0.1) is 20.5 Å². The SMILES string of the molecule is CC(C)(C)c1cc2c3nc4cc5c(cc4nc3c3cc(C(C)(C)C)cc4c6nc7c8c(ccc7nc6c(c1)c2c34)C(C)(C)N([O])C8(C)C)C(C)(C)N([O])C5(C)C. The van der Waals surface area contributed by atoms with Gasteiger partial charge in [0.05, 0.1) is 66.3 Å². The second-order valence-corrected chi connectivity index (χ2v) is 20.8. The topological polar surface area (TPSA) is 97.8 Å². The van der Waals surface area contributed by atoms with Crippen molar-refractivity contribution in [3.63, 3.8) is 0 Å². The molecule has 6 aromatic carbocycles. The second-order valence-electron chi connectivity index (χ2n) is 20.8. The molecule has 0 spiro atoms. The van der Waals surface area contributed by atoms with Gasteiger partial charge < -0.3 is 0 Å². The lowest BCUT2D eigenvalue weighted by Crippen LogP contribution is -2.41. The van der Waals surface area contributed by atoms with Crippen LogP contribution in [0, 0.1) is 0 Å². The zero-order valence-corrected chi connectivity index (χ0v) is 35.1. The third-order valence-electron chi connectivity index (χ3n) is 13.5. The molecule has 0 atom stereocenters. The summed E-state index contributed by atoms with van der Waals surface area (Å²) in [5.41, 5.74) is 9.40. The quantitative estimate of drug-likeness (QED) is 0.113. The van der Waals surface area contributed by atoms with Crippen molar-refractivity contribution in [1.82, 2.24) is 30.1 Å². The normalized spacial score (nSPS) is 19.5. The van der Waals surface area contributed by atoms with E-state index in [4.69, 9.17) is 19.9 Å². The second kappa shape index (κ2) is 10.3. The highest BCUT2D eigenvalue weighted by molar-refractivity contribution is 6.39. The van der Waals surface area contributed by atoms with E-state index in [1.54, 1.807) is 0 Å². The van der Waals surface area contributed by atoms with Crippen LogP contribution in [0.1, 0.15) is 130 Å². The largest absolute Gasteiger partial charge is 0.244 e. The average Bonchev–Trinajstić information content (AvgIpc) is 3.35. The third-order valence-corrected chi connectivity index (χ3v) is 13.5. The summed E-state index contributed by atoms with van der Waals surface area (Å²) in [5.74, 6) is 0. The van der Waals surface area contributed by atoms with Crippen LogP contribution < -0.4 is 0 Å². The highest BCUT2D eigenvalue weighted by Gasteiger charge is 2.52. The van der Waals surface area contributed by atoms with Gasteiger partial charge in [0, 0.05) is 37.9 Å². The molecule has 0 N–H and O–H groups in total. The Morgan fingerprint density at radius 2 is 0.786 bits per heavy atom. The lowest BCUT2D eigenvalue weighted by molar-refractivity contribution is -0.266. The zero-order valence-electron chi connectivity index (χ0n) is 35.1. The highest BCUT2D eigenvalue weighted by atomic mass is 16.5. The molecule has 0 amide bonds. The van der Waals surface area contributed by atoms with E-state index in [-0.39, 0.29) is 10.8 Å². The summed E-state index contributed by atoms with van der Waals surface area (Å²) in [6.07, 6.45) is 0. The number of hydrogen-bond acceptors (Lipinski definition) is 6. The van der Waals surface area contributed by atoms with Crippen molar-refractivity contribution in [3.8, 4) is 0 Å². The van der Waals surface area contributed by atoms with Crippen LogP contribution in [0.5, 0.6) is 0 Å². The van der Waals surface area contributed by atoms with Gasteiger partial charge in [-0.25, -0.2) is 19.9 Å². The van der Waals surface area contributed by atoms with Crippen LogP contribution in [0.25, 0.3) is 76.5 Å². The molecule has 0 saturated heterocycles. The predicted octanol–water partition coefficient (Wildman–Crippen LogP) is 11.6. The van der Waals surface area contributed by atoms with E-state index in [9.17, 15) is 10.4 Å². The molecule has 2 aromatic heterocycles. The summed E-state index contributed by atoms with van der Waals surface area (Å²) in [6.45, 7) is 29.4. The molecule has 0 unspecified atom stereocenters. The van der Waals surface area contributed by atoms with Crippen molar-refractivity contribution < 1.29 is 10.4 Å². The lowest BCUT2D eigenvalue weighted by Gasteiger charge is -2.32. The Kier molecular flexibility index (Phi) is 6.57. The first-order valence-corrected chi connectivity index (χ1v) is 19.9. The molecule has 0 aliphatic carbocycles. The van der Waals surface area contributed by atoms with Gasteiger partial charge >= 0.3 is 0 Å². The minimum absolute atomic E-state index is 0.181. The molecular weight excluding hydrogens is 693 g/mol. The summed E-state index contributed by atoms with van der Waals surface area (Å²) in [7, 11) is 0. The third kappa shape index (κ3) is 4.28. The molecule has 8 nitrogen and oxygen atoms in total. The van der Waals surface area contributed by atoms with Crippen molar-refractivity contribution in [1.29, 1.82) is 0 Å². The highest BCUT2D eigenvalue weighted by Crippen LogP contribution is 2.53. The average molecular weight is 743 g/mol. The van der Waals surface area contributed by atoms with Crippen molar-refractivity contribution in [2.45, 2.75) is 130 Å². The number of aromatic nitrogens is 4. The Morgan fingerprint density at radius 3 is 1.20 bits per heavy atom. The number of rotatable bonds is 0. The molecule has 0 bridgehead atoms. The minimum atomic E-state index is -0.796. The summed E-state index contributed by atoms with van der Waals surface area (Å²) in [4.78, 5) is 22.2. The van der Waals surface area contributed by atoms with Gasteiger partial charge in [0.1, 0.15) is 0 Å². The summed E-state index contributed by atoms with van der Waals surface area (Å²) < 4.78 is 0. The van der Waals surface area contributed by atoms with E-state index in [1.807, 2.05) is 61.5 Å². The minimum Gasteiger partial charge on any atom is -0.244 e. The first-order chi connectivity index (χ1) is 25.9. The first-order valence-electron chi connectivity index (χ1n) is 19.9. The summed E-state index contributed by atoms with van der Waals surface area (Å²) >= 11 is 0. The van der Waals surface area contributed by atoms with E-state index in [2.05, 4.69) is 84.0 Å². The molecule has 0 saturated carbocycles. The standard InChI is InChI=1S/C48H50N6O2/c1-43(2,3)23-17-25-35-27(19-23)40-41(52-42-32(49-40)16-15-29-37(42)48(13,14)54(56)45(29,7)8)28-20-24(44(4,5)6)18-26(36(28)35)39-38(25)50-33-21-30-31(22-34(33)51-39)47(11,12)53(55)46(30,9)10/h15-22H,1-14H3. The fourth-order valence-electron chi connectivity index (χ4n) is 10.4. The molecule has 56 heavy (non-hydrogen) atoms. The van der Waals surface area contributed by atoms with Crippen LogP contribution in [0.2, 0.25) is 0 Å². The first kappa shape index (κ1) is 35.8. The van der Waals surface area contributed by atoms with Crippen LogP contribution in [-0.2, 0) is 43.4 Å². The Bertz CT molecular complexity index is 3040. The van der Waals surface area contributed by atoms with E-state index >= 15 is 0 Å². The number of benzene rings is 6. The molecular formula is C48H50N6O2. The maximum absolute atomic E-state index is 13.9. The van der Waals surface area contributed by atoms with Crippen molar-refractivity contribution in [2.24, 2.45) is 0 Å². The Labute approximate surface area is 327 Å². The predicted molar refractivity (Wildman–Crippen MR) is 226 cm³/mol.